The highest BCUT2D eigenvalue weighted by molar-refractivity contribution is 9.10. The Labute approximate surface area is 268 Å². The maximum Gasteiger partial charge on any atom is 0.272 e. The van der Waals surface area contributed by atoms with Gasteiger partial charge in [0, 0.05) is 32.0 Å². The van der Waals surface area contributed by atoms with E-state index in [4.69, 9.17) is 0 Å². The first-order chi connectivity index (χ1) is 21.5. The quantitative estimate of drug-likeness (QED) is 0.117. The van der Waals surface area contributed by atoms with Crippen molar-refractivity contribution in [3.63, 3.8) is 0 Å². The summed E-state index contributed by atoms with van der Waals surface area (Å²) in [5.74, 6) is -0.773. The zero-order chi connectivity index (χ0) is 30.7. The minimum atomic E-state index is -0.480. The molecule has 0 unspecified atom stereocenters. The van der Waals surface area contributed by atoms with Crippen LogP contribution in [-0.2, 0) is 9.59 Å². The van der Waals surface area contributed by atoms with Crippen molar-refractivity contribution in [1.82, 2.24) is 5.32 Å². The number of amides is 3. The normalized spacial score (nSPS) is 11.0. The Hall–Kier alpha value is -4.92. The largest absolute Gasteiger partial charge is 0.321 e. The third kappa shape index (κ3) is 8.34. The summed E-state index contributed by atoms with van der Waals surface area (Å²) >= 11 is 4.83. The second-order valence-electron chi connectivity index (χ2n) is 9.60. The van der Waals surface area contributed by atoms with Crippen LogP contribution in [0.2, 0.25) is 0 Å². The Morgan fingerprint density at radius 3 is 1.95 bits per heavy atom. The number of carbonyl (C=O) groups is 3. The number of hydrogen-bond donors (Lipinski definition) is 2. The molecule has 5 aromatic rings. The number of thioether (sulfide) groups is 1. The van der Waals surface area contributed by atoms with E-state index >= 15 is 0 Å². The lowest BCUT2D eigenvalue weighted by molar-refractivity contribution is -0.115. The number of carbonyl (C=O) groups excluding carboxylic acids is 3. The summed E-state index contributed by atoms with van der Waals surface area (Å²) in [6, 6.07) is 42.5. The van der Waals surface area contributed by atoms with Gasteiger partial charge in [-0.1, -0.05) is 88.7 Å². The molecule has 44 heavy (non-hydrogen) atoms. The summed E-state index contributed by atoms with van der Waals surface area (Å²) in [6.45, 7) is 0. The number of nitrogens with zero attached hydrogens (tertiary/aromatic N) is 1. The van der Waals surface area contributed by atoms with E-state index in [0.717, 1.165) is 26.3 Å². The minimum absolute atomic E-state index is 0.0790. The SMILES string of the molecule is O=C(Nc1cccc(SCC(=O)N(c2ccccc2)c2ccccc2)c1)/C(=C\c1cccc(Br)c1)NC(=O)c1ccccc1. The summed E-state index contributed by atoms with van der Waals surface area (Å²) in [6.07, 6.45) is 1.62. The van der Waals surface area contributed by atoms with Gasteiger partial charge >= 0.3 is 0 Å². The molecule has 6 nitrogen and oxygen atoms in total. The van der Waals surface area contributed by atoms with E-state index in [1.807, 2.05) is 103 Å². The molecule has 0 saturated heterocycles. The van der Waals surface area contributed by atoms with Gasteiger partial charge in [-0.2, -0.15) is 0 Å². The van der Waals surface area contributed by atoms with Crippen molar-refractivity contribution in [2.45, 2.75) is 4.90 Å². The molecule has 218 valence electrons. The average Bonchev–Trinajstić information content (AvgIpc) is 3.05. The summed E-state index contributed by atoms with van der Waals surface area (Å²) < 4.78 is 0.845. The zero-order valence-electron chi connectivity index (χ0n) is 23.5. The summed E-state index contributed by atoms with van der Waals surface area (Å²) in [4.78, 5) is 42.4. The number of para-hydroxylation sites is 2. The van der Waals surface area contributed by atoms with Crippen molar-refractivity contribution in [3.8, 4) is 0 Å². The van der Waals surface area contributed by atoms with Gasteiger partial charge in [0.05, 0.1) is 5.75 Å². The molecule has 0 aliphatic rings. The van der Waals surface area contributed by atoms with Gasteiger partial charge in [0.15, 0.2) is 0 Å². The van der Waals surface area contributed by atoms with Crippen LogP contribution in [0.3, 0.4) is 0 Å². The Bertz CT molecular complexity index is 1740. The second kappa shape index (κ2) is 15.0. The van der Waals surface area contributed by atoms with Gasteiger partial charge in [0.25, 0.3) is 11.8 Å². The molecule has 3 amide bonds. The van der Waals surface area contributed by atoms with Crippen molar-refractivity contribution in [3.05, 3.63) is 161 Å². The molecule has 5 aromatic carbocycles. The second-order valence-corrected chi connectivity index (χ2v) is 11.6. The maximum absolute atomic E-state index is 13.5. The summed E-state index contributed by atoms with van der Waals surface area (Å²) in [7, 11) is 0. The molecular formula is C36H28BrN3O3S. The molecule has 2 N–H and O–H groups in total. The molecule has 0 spiro atoms. The van der Waals surface area contributed by atoms with Crippen LogP contribution in [0.4, 0.5) is 17.1 Å². The lowest BCUT2D eigenvalue weighted by Gasteiger charge is -2.23. The van der Waals surface area contributed by atoms with Crippen molar-refractivity contribution < 1.29 is 14.4 Å². The standard InChI is InChI=1S/C36H28BrN3O3S/c37-28-15-10-12-26(22-28)23-33(39-35(42)27-13-4-1-5-14-27)36(43)38-29-16-11-21-32(24-29)44-25-34(41)40(30-17-6-2-7-18-30)31-19-8-3-9-20-31/h1-24H,25H2,(H,38,43)(H,39,42)/b33-23+. The lowest BCUT2D eigenvalue weighted by atomic mass is 10.1. The van der Waals surface area contributed by atoms with Crippen LogP contribution in [0.5, 0.6) is 0 Å². The monoisotopic (exact) mass is 661 g/mol. The molecule has 0 fully saturated rings. The van der Waals surface area contributed by atoms with E-state index in [-0.39, 0.29) is 17.4 Å². The average molecular weight is 663 g/mol. The van der Waals surface area contributed by atoms with E-state index in [2.05, 4.69) is 26.6 Å². The molecule has 0 aliphatic heterocycles. The number of hydrogen-bond acceptors (Lipinski definition) is 4. The minimum Gasteiger partial charge on any atom is -0.321 e. The van der Waals surface area contributed by atoms with Gasteiger partial charge in [0.1, 0.15) is 5.70 Å². The van der Waals surface area contributed by atoms with Crippen LogP contribution in [0.25, 0.3) is 6.08 Å². The molecule has 0 saturated carbocycles. The molecule has 5 rings (SSSR count). The number of anilines is 3. The fourth-order valence-corrected chi connectivity index (χ4v) is 5.59. The predicted octanol–water partition coefficient (Wildman–Crippen LogP) is 8.32. The molecule has 0 radical (unpaired) electrons. The van der Waals surface area contributed by atoms with Crippen LogP contribution in [0.1, 0.15) is 15.9 Å². The fourth-order valence-electron chi connectivity index (χ4n) is 4.37. The molecular weight excluding hydrogens is 634 g/mol. The van der Waals surface area contributed by atoms with E-state index in [1.165, 1.54) is 11.8 Å². The van der Waals surface area contributed by atoms with Crippen LogP contribution in [-0.4, -0.2) is 23.5 Å². The Morgan fingerprint density at radius 1 is 0.705 bits per heavy atom. The third-order valence-electron chi connectivity index (χ3n) is 6.42. The Morgan fingerprint density at radius 2 is 1.32 bits per heavy atom. The van der Waals surface area contributed by atoms with E-state index in [9.17, 15) is 14.4 Å². The van der Waals surface area contributed by atoms with E-state index < -0.39 is 11.8 Å². The first-order valence-corrected chi connectivity index (χ1v) is 15.5. The van der Waals surface area contributed by atoms with Gasteiger partial charge in [-0.25, -0.2) is 0 Å². The van der Waals surface area contributed by atoms with Gasteiger partial charge in [0.2, 0.25) is 5.91 Å². The highest BCUT2D eigenvalue weighted by atomic mass is 79.9. The number of benzene rings is 5. The van der Waals surface area contributed by atoms with E-state index in [0.29, 0.717) is 11.3 Å². The van der Waals surface area contributed by atoms with Crippen LogP contribution in [0, 0.1) is 0 Å². The molecule has 8 heteroatoms. The Kier molecular flexibility index (Phi) is 10.4. The van der Waals surface area contributed by atoms with Gasteiger partial charge in [-0.3, -0.25) is 19.3 Å². The molecule has 0 bridgehead atoms. The molecule has 0 heterocycles. The first-order valence-electron chi connectivity index (χ1n) is 13.8. The van der Waals surface area contributed by atoms with Crippen molar-refractivity contribution in [2.24, 2.45) is 0 Å². The Balaban J connectivity index is 1.31. The highest BCUT2D eigenvalue weighted by Crippen LogP contribution is 2.28. The van der Waals surface area contributed by atoms with Crippen LogP contribution >= 0.6 is 27.7 Å². The third-order valence-corrected chi connectivity index (χ3v) is 7.89. The van der Waals surface area contributed by atoms with Gasteiger partial charge in [-0.05, 0) is 78.4 Å². The maximum atomic E-state index is 13.5. The number of rotatable bonds is 10. The molecule has 0 atom stereocenters. The zero-order valence-corrected chi connectivity index (χ0v) is 25.9. The van der Waals surface area contributed by atoms with Crippen molar-refractivity contribution in [2.75, 3.05) is 16.0 Å². The van der Waals surface area contributed by atoms with Crippen molar-refractivity contribution in [1.29, 1.82) is 0 Å². The van der Waals surface area contributed by atoms with Gasteiger partial charge in [-0.15, -0.1) is 11.8 Å². The first kappa shape index (κ1) is 30.5. The highest BCUT2D eigenvalue weighted by Gasteiger charge is 2.19. The van der Waals surface area contributed by atoms with Crippen LogP contribution < -0.4 is 15.5 Å². The number of halogens is 1. The predicted molar refractivity (Wildman–Crippen MR) is 182 cm³/mol. The summed E-state index contributed by atoms with van der Waals surface area (Å²) in [5.41, 5.74) is 3.36. The number of nitrogens with one attached hydrogen (secondary N) is 2. The van der Waals surface area contributed by atoms with E-state index in [1.54, 1.807) is 47.4 Å². The fraction of sp³-hybridized carbons (Fsp3) is 0.0278. The molecule has 0 aromatic heterocycles. The molecule has 0 aliphatic carbocycles. The topological polar surface area (TPSA) is 78.5 Å². The van der Waals surface area contributed by atoms with Gasteiger partial charge < -0.3 is 10.6 Å². The van der Waals surface area contributed by atoms with Crippen LogP contribution in [0.15, 0.2) is 155 Å². The van der Waals surface area contributed by atoms with Crippen molar-refractivity contribution >= 4 is 68.6 Å². The smallest absolute Gasteiger partial charge is 0.272 e. The lowest BCUT2D eigenvalue weighted by Crippen LogP contribution is -2.30. The summed E-state index contributed by atoms with van der Waals surface area (Å²) in [5, 5.41) is 5.65.